The van der Waals surface area contributed by atoms with E-state index in [2.05, 4.69) is 16.1 Å². The number of nitro benzene ring substituents is 1. The maximum atomic E-state index is 11.0. The molecule has 1 heterocycles. The van der Waals surface area contributed by atoms with E-state index in [1.165, 1.54) is 6.07 Å². The van der Waals surface area contributed by atoms with Crippen molar-refractivity contribution in [2.75, 3.05) is 26.2 Å². The van der Waals surface area contributed by atoms with Crippen molar-refractivity contribution >= 4 is 29.6 Å². The second-order valence-corrected chi connectivity index (χ2v) is 6.67. The summed E-state index contributed by atoms with van der Waals surface area (Å²) >= 11 is 6.23. The van der Waals surface area contributed by atoms with Gasteiger partial charge in [0, 0.05) is 50.0 Å². The third-order valence-corrected chi connectivity index (χ3v) is 4.79. The van der Waals surface area contributed by atoms with Crippen molar-refractivity contribution < 1.29 is 4.92 Å². The van der Waals surface area contributed by atoms with Crippen LogP contribution in [0.2, 0.25) is 5.02 Å². The molecule has 0 radical (unpaired) electrons. The normalized spacial score (nSPS) is 15.7. The average molecular weight is 385 g/mol. The van der Waals surface area contributed by atoms with Crippen molar-refractivity contribution in [2.24, 2.45) is 5.10 Å². The smallest absolute Gasteiger partial charge is 0.276 e. The predicted octanol–water partition coefficient (Wildman–Crippen LogP) is 4.07. The Kier molecular flexibility index (Phi) is 6.57. The highest BCUT2D eigenvalue weighted by Crippen LogP contribution is 2.19. The van der Waals surface area contributed by atoms with Gasteiger partial charge in [0.05, 0.1) is 10.5 Å². The number of hydrogen-bond acceptors (Lipinski definition) is 5. The zero-order valence-corrected chi connectivity index (χ0v) is 15.6. The van der Waals surface area contributed by atoms with Crippen molar-refractivity contribution in [1.82, 2.24) is 9.91 Å². The van der Waals surface area contributed by atoms with Crippen molar-refractivity contribution in [3.8, 4) is 0 Å². The topological polar surface area (TPSA) is 62.0 Å². The van der Waals surface area contributed by atoms with Gasteiger partial charge in [-0.3, -0.25) is 20.0 Å². The zero-order valence-electron chi connectivity index (χ0n) is 14.9. The summed E-state index contributed by atoms with van der Waals surface area (Å²) in [6.07, 6.45) is 5.12. The number of para-hydroxylation sites is 1. The summed E-state index contributed by atoms with van der Waals surface area (Å²) < 4.78 is 0. The number of piperazine rings is 1. The van der Waals surface area contributed by atoms with Gasteiger partial charge in [-0.2, -0.15) is 5.10 Å². The number of rotatable bonds is 6. The molecule has 0 spiro atoms. The molecule has 0 atom stereocenters. The van der Waals surface area contributed by atoms with Crippen LogP contribution in [0.3, 0.4) is 0 Å². The van der Waals surface area contributed by atoms with Gasteiger partial charge in [0.15, 0.2) is 0 Å². The van der Waals surface area contributed by atoms with Gasteiger partial charge in [-0.15, -0.1) is 0 Å². The van der Waals surface area contributed by atoms with E-state index >= 15 is 0 Å². The minimum atomic E-state index is -0.380. The molecule has 0 saturated carbocycles. The molecule has 0 amide bonds. The SMILES string of the molecule is O=[N+]([O-])c1ccccc1/C=C\C=N\N1CCN(Cc2ccccc2Cl)CC1. The molecule has 0 aromatic heterocycles. The highest BCUT2D eigenvalue weighted by molar-refractivity contribution is 6.31. The first-order valence-corrected chi connectivity index (χ1v) is 9.16. The molecule has 2 aromatic carbocycles. The second-order valence-electron chi connectivity index (χ2n) is 6.26. The highest BCUT2D eigenvalue weighted by Gasteiger charge is 2.16. The standard InChI is InChI=1S/C20H21ClN4O2/c21-19-9-3-1-7-18(19)16-23-12-14-24(15-13-23)22-11-5-8-17-6-2-4-10-20(17)25(26)27/h1-11H,12-16H2/b8-5-,22-11+. The summed E-state index contributed by atoms with van der Waals surface area (Å²) in [6, 6.07) is 14.6. The average Bonchev–Trinajstić information content (AvgIpc) is 2.68. The van der Waals surface area contributed by atoms with E-state index in [0.29, 0.717) is 5.56 Å². The van der Waals surface area contributed by atoms with E-state index in [4.69, 9.17) is 11.6 Å². The van der Waals surface area contributed by atoms with Crippen molar-refractivity contribution in [3.63, 3.8) is 0 Å². The summed E-state index contributed by atoms with van der Waals surface area (Å²) in [7, 11) is 0. The Balaban J connectivity index is 1.49. The van der Waals surface area contributed by atoms with Crippen LogP contribution in [-0.4, -0.2) is 47.2 Å². The molecular weight excluding hydrogens is 364 g/mol. The summed E-state index contributed by atoms with van der Waals surface area (Å²) in [6.45, 7) is 4.34. The number of hydrogen-bond donors (Lipinski definition) is 0. The summed E-state index contributed by atoms with van der Waals surface area (Å²) in [5.74, 6) is 0. The van der Waals surface area contributed by atoms with Gasteiger partial charge in [0.25, 0.3) is 5.69 Å². The van der Waals surface area contributed by atoms with Crippen LogP contribution in [0.1, 0.15) is 11.1 Å². The summed E-state index contributed by atoms with van der Waals surface area (Å²) in [4.78, 5) is 13.0. The molecule has 27 heavy (non-hydrogen) atoms. The van der Waals surface area contributed by atoms with E-state index in [1.807, 2.05) is 23.2 Å². The third kappa shape index (κ3) is 5.39. The van der Waals surface area contributed by atoms with Crippen molar-refractivity contribution in [2.45, 2.75) is 6.54 Å². The Morgan fingerprint density at radius 2 is 1.78 bits per heavy atom. The van der Waals surface area contributed by atoms with E-state index < -0.39 is 0 Å². The lowest BCUT2D eigenvalue weighted by molar-refractivity contribution is -0.385. The Bertz CT molecular complexity index is 845. The lowest BCUT2D eigenvalue weighted by atomic mass is 10.1. The van der Waals surface area contributed by atoms with Crippen LogP contribution in [0.4, 0.5) is 5.69 Å². The van der Waals surface area contributed by atoms with E-state index in [-0.39, 0.29) is 10.6 Å². The first-order valence-electron chi connectivity index (χ1n) is 8.78. The van der Waals surface area contributed by atoms with E-state index in [0.717, 1.165) is 43.3 Å². The van der Waals surface area contributed by atoms with E-state index in [9.17, 15) is 10.1 Å². The first-order chi connectivity index (χ1) is 13.1. The monoisotopic (exact) mass is 384 g/mol. The fourth-order valence-electron chi connectivity index (χ4n) is 2.95. The fourth-order valence-corrected chi connectivity index (χ4v) is 3.15. The van der Waals surface area contributed by atoms with Crippen LogP contribution in [0, 0.1) is 10.1 Å². The Hall–Kier alpha value is -2.70. The maximum absolute atomic E-state index is 11.0. The van der Waals surface area contributed by atoms with Gasteiger partial charge in [-0.1, -0.05) is 41.9 Å². The van der Waals surface area contributed by atoms with Crippen LogP contribution in [0.5, 0.6) is 0 Å². The molecule has 2 aromatic rings. The minimum Gasteiger partial charge on any atom is -0.295 e. The number of nitrogens with zero attached hydrogens (tertiary/aromatic N) is 4. The molecular formula is C20H21ClN4O2. The Morgan fingerprint density at radius 3 is 2.52 bits per heavy atom. The molecule has 0 aliphatic carbocycles. The molecule has 6 nitrogen and oxygen atoms in total. The first kappa shape index (κ1) is 19.1. The fraction of sp³-hybridized carbons (Fsp3) is 0.250. The molecule has 1 saturated heterocycles. The molecule has 140 valence electrons. The zero-order chi connectivity index (χ0) is 19.1. The lowest BCUT2D eigenvalue weighted by Gasteiger charge is -2.33. The van der Waals surface area contributed by atoms with Crippen LogP contribution in [0.15, 0.2) is 59.7 Å². The van der Waals surface area contributed by atoms with Crippen molar-refractivity contribution in [1.29, 1.82) is 0 Å². The molecule has 0 bridgehead atoms. The Labute approximate surface area is 163 Å². The van der Waals surface area contributed by atoms with Gasteiger partial charge >= 0.3 is 0 Å². The minimum absolute atomic E-state index is 0.0929. The van der Waals surface area contributed by atoms with Gasteiger partial charge < -0.3 is 0 Å². The number of allylic oxidation sites excluding steroid dienone is 1. The number of nitro groups is 1. The predicted molar refractivity (Wildman–Crippen MR) is 109 cm³/mol. The molecule has 7 heteroatoms. The van der Waals surface area contributed by atoms with Gasteiger partial charge in [-0.05, 0) is 29.8 Å². The van der Waals surface area contributed by atoms with Crippen LogP contribution >= 0.6 is 11.6 Å². The highest BCUT2D eigenvalue weighted by atomic mass is 35.5. The molecule has 0 N–H and O–H groups in total. The third-order valence-electron chi connectivity index (χ3n) is 4.43. The lowest BCUT2D eigenvalue weighted by Crippen LogP contribution is -2.43. The second kappa shape index (κ2) is 9.30. The summed E-state index contributed by atoms with van der Waals surface area (Å²) in [5.41, 5.74) is 1.80. The summed E-state index contributed by atoms with van der Waals surface area (Å²) in [5, 5.41) is 18.2. The largest absolute Gasteiger partial charge is 0.295 e. The molecule has 0 unspecified atom stereocenters. The van der Waals surface area contributed by atoms with E-state index in [1.54, 1.807) is 36.6 Å². The molecule has 1 aliphatic heterocycles. The molecule has 3 rings (SSSR count). The van der Waals surface area contributed by atoms with Crippen LogP contribution in [0.25, 0.3) is 6.08 Å². The van der Waals surface area contributed by atoms with Crippen LogP contribution in [-0.2, 0) is 6.54 Å². The number of hydrazone groups is 1. The molecule has 1 fully saturated rings. The van der Waals surface area contributed by atoms with Crippen LogP contribution < -0.4 is 0 Å². The number of benzene rings is 2. The number of halogens is 1. The quantitative estimate of drug-likeness (QED) is 0.428. The van der Waals surface area contributed by atoms with Gasteiger partial charge in [0.1, 0.15) is 0 Å². The van der Waals surface area contributed by atoms with Gasteiger partial charge in [0.2, 0.25) is 0 Å². The Morgan fingerprint density at radius 1 is 1.07 bits per heavy atom. The maximum Gasteiger partial charge on any atom is 0.276 e. The molecule has 1 aliphatic rings. The van der Waals surface area contributed by atoms with Gasteiger partial charge in [-0.25, -0.2) is 0 Å². The van der Waals surface area contributed by atoms with Crippen molar-refractivity contribution in [3.05, 3.63) is 80.9 Å².